The monoisotopic (exact) mass is 540 g/mol. The Morgan fingerprint density at radius 1 is 1.07 bits per heavy atom. The van der Waals surface area contributed by atoms with Crippen molar-refractivity contribution in [3.05, 3.63) is 66.9 Å². The molecule has 1 amide bonds. The number of benzene rings is 2. The van der Waals surface area contributed by atoms with Crippen molar-refractivity contribution in [3.63, 3.8) is 0 Å². The van der Waals surface area contributed by atoms with E-state index in [1.807, 2.05) is 24.0 Å². The number of nitrogens with one attached hydrogen (secondary N) is 1. The summed E-state index contributed by atoms with van der Waals surface area (Å²) in [6, 6.07) is 8.33. The number of aryl methyl sites for hydroxylation is 2. The minimum absolute atomic E-state index is 0.0672. The van der Waals surface area contributed by atoms with Gasteiger partial charge in [-0.1, -0.05) is 11.8 Å². The van der Waals surface area contributed by atoms with Crippen LogP contribution in [-0.4, -0.2) is 71.9 Å². The summed E-state index contributed by atoms with van der Waals surface area (Å²) in [4.78, 5) is 33.6. The van der Waals surface area contributed by atoms with E-state index in [1.165, 1.54) is 29.2 Å². The number of anilines is 3. The summed E-state index contributed by atoms with van der Waals surface area (Å²) in [7, 11) is 1.70. The summed E-state index contributed by atoms with van der Waals surface area (Å²) in [5.74, 6) is 1.04. The van der Waals surface area contributed by atoms with Crippen molar-refractivity contribution in [3.8, 4) is 11.5 Å². The van der Waals surface area contributed by atoms with Crippen molar-refractivity contribution in [2.75, 3.05) is 36.4 Å². The Balaban J connectivity index is 1.22. The van der Waals surface area contributed by atoms with Crippen LogP contribution in [0.1, 0.15) is 5.56 Å². The van der Waals surface area contributed by atoms with Gasteiger partial charge in [-0.2, -0.15) is 0 Å². The lowest BCUT2D eigenvalue weighted by molar-refractivity contribution is -0.126. The minimum atomic E-state index is -0.504. The van der Waals surface area contributed by atoms with Gasteiger partial charge in [0, 0.05) is 51.0 Å². The molecule has 0 saturated carbocycles. The van der Waals surface area contributed by atoms with Gasteiger partial charge in [-0.3, -0.25) is 4.79 Å². The molecule has 1 aliphatic heterocycles. The second kappa shape index (κ2) is 10.2. The molecule has 0 aliphatic carbocycles. The number of amides is 1. The lowest BCUT2D eigenvalue weighted by atomic mass is 10.2. The van der Waals surface area contributed by atoms with E-state index in [2.05, 4.69) is 37.2 Å². The molecule has 1 saturated heterocycles. The second-order valence-corrected chi connectivity index (χ2v) is 9.33. The third-order valence-corrected chi connectivity index (χ3v) is 6.74. The van der Waals surface area contributed by atoms with Crippen LogP contribution in [0, 0.1) is 12.7 Å². The van der Waals surface area contributed by atoms with Gasteiger partial charge in [-0.15, -0.1) is 5.10 Å². The van der Waals surface area contributed by atoms with Crippen molar-refractivity contribution in [1.82, 2.24) is 39.8 Å². The predicted octanol–water partition coefficient (Wildman–Crippen LogP) is 3.52. The summed E-state index contributed by atoms with van der Waals surface area (Å²) in [6.07, 6.45) is 4.44. The summed E-state index contributed by atoms with van der Waals surface area (Å²) in [5, 5.41) is 11.3. The van der Waals surface area contributed by atoms with Crippen molar-refractivity contribution in [2.45, 2.75) is 6.92 Å². The third kappa shape index (κ3) is 4.72. The quantitative estimate of drug-likeness (QED) is 0.320. The number of hydrogen-bond donors (Lipinski definition) is 1. The number of halogens is 1. The standard InChI is InChI=1S/C27H25FN10O2/c1-4-24(39)37-7-9-38(10-8-37)27-29-14-20-25(33-27)26(31-15-30-20)32-17-5-6-22(16(2)11-17)40-23-13-19-21(12-18(23)28)36(3)35-34-19/h4-6,11-15H,1,7-10H2,2-3H3,(H,30,31,32). The highest BCUT2D eigenvalue weighted by atomic mass is 19.1. The number of piperazine rings is 1. The van der Waals surface area contributed by atoms with Crippen LogP contribution in [0.25, 0.3) is 22.1 Å². The molecule has 5 aromatic rings. The van der Waals surface area contributed by atoms with Gasteiger partial charge in [0.15, 0.2) is 17.4 Å². The average Bonchev–Trinajstić information content (AvgIpc) is 3.33. The zero-order valence-corrected chi connectivity index (χ0v) is 21.9. The van der Waals surface area contributed by atoms with Crippen molar-refractivity contribution < 1.29 is 13.9 Å². The number of aromatic nitrogens is 7. The second-order valence-electron chi connectivity index (χ2n) is 9.33. The predicted molar refractivity (Wildman–Crippen MR) is 147 cm³/mol. The summed E-state index contributed by atoms with van der Waals surface area (Å²) >= 11 is 0. The Morgan fingerprint density at radius 3 is 2.67 bits per heavy atom. The van der Waals surface area contributed by atoms with E-state index in [-0.39, 0.29) is 11.7 Å². The van der Waals surface area contributed by atoms with Gasteiger partial charge in [0.25, 0.3) is 0 Å². The fourth-order valence-electron chi connectivity index (χ4n) is 4.55. The molecule has 1 fully saturated rings. The van der Waals surface area contributed by atoms with Gasteiger partial charge in [0.2, 0.25) is 11.9 Å². The normalized spacial score (nSPS) is 13.6. The smallest absolute Gasteiger partial charge is 0.246 e. The maximum absolute atomic E-state index is 14.7. The molecule has 2 aromatic carbocycles. The number of rotatable bonds is 6. The van der Waals surface area contributed by atoms with Crippen LogP contribution in [0.15, 0.2) is 55.5 Å². The first kappa shape index (κ1) is 25.1. The highest BCUT2D eigenvalue weighted by Crippen LogP contribution is 2.32. The van der Waals surface area contributed by atoms with E-state index in [4.69, 9.17) is 9.72 Å². The van der Waals surface area contributed by atoms with Crippen LogP contribution < -0.4 is 15.0 Å². The van der Waals surface area contributed by atoms with Crippen molar-refractivity contribution in [1.29, 1.82) is 0 Å². The van der Waals surface area contributed by atoms with Gasteiger partial charge >= 0.3 is 0 Å². The first-order valence-electron chi connectivity index (χ1n) is 12.6. The molecule has 4 heterocycles. The van der Waals surface area contributed by atoms with Gasteiger partial charge in [0.05, 0.1) is 11.7 Å². The van der Waals surface area contributed by atoms with Crippen molar-refractivity contribution >= 4 is 45.4 Å². The zero-order chi connectivity index (χ0) is 27.8. The molecule has 0 unspecified atom stereocenters. The summed E-state index contributed by atoms with van der Waals surface area (Å²) < 4.78 is 22.1. The Labute approximate surface area is 228 Å². The van der Waals surface area contributed by atoms with E-state index in [0.717, 1.165) is 11.3 Å². The lowest BCUT2D eigenvalue weighted by Gasteiger charge is -2.34. The number of carbonyl (C=O) groups excluding carboxylic acids is 1. The van der Waals surface area contributed by atoms with Crippen LogP contribution in [0.5, 0.6) is 11.5 Å². The fraction of sp³-hybridized carbons (Fsp3) is 0.222. The number of carbonyl (C=O) groups is 1. The average molecular weight is 541 g/mol. The fourth-order valence-corrected chi connectivity index (χ4v) is 4.55. The molecule has 202 valence electrons. The molecule has 1 N–H and O–H groups in total. The molecule has 0 atom stereocenters. The van der Waals surface area contributed by atoms with Crippen molar-refractivity contribution in [2.24, 2.45) is 7.05 Å². The van der Waals surface area contributed by atoms with Crippen LogP contribution in [-0.2, 0) is 11.8 Å². The molecule has 0 spiro atoms. The van der Waals surface area contributed by atoms with Gasteiger partial charge in [-0.25, -0.2) is 29.0 Å². The van der Waals surface area contributed by atoms with Crippen LogP contribution >= 0.6 is 0 Å². The topological polar surface area (TPSA) is 127 Å². The van der Waals surface area contributed by atoms with Crippen LogP contribution in [0.2, 0.25) is 0 Å². The largest absolute Gasteiger partial charge is 0.454 e. The lowest BCUT2D eigenvalue weighted by Crippen LogP contribution is -2.48. The summed E-state index contributed by atoms with van der Waals surface area (Å²) in [6.45, 7) is 7.76. The zero-order valence-electron chi connectivity index (χ0n) is 21.9. The first-order chi connectivity index (χ1) is 19.4. The molecule has 40 heavy (non-hydrogen) atoms. The van der Waals surface area contributed by atoms with Gasteiger partial charge in [0.1, 0.15) is 28.6 Å². The molecular formula is C27H25FN10O2. The Hall–Kier alpha value is -5.20. The van der Waals surface area contributed by atoms with E-state index in [9.17, 15) is 9.18 Å². The molecule has 0 radical (unpaired) electrons. The molecular weight excluding hydrogens is 515 g/mol. The molecule has 12 nitrogen and oxygen atoms in total. The molecule has 0 bridgehead atoms. The van der Waals surface area contributed by atoms with Gasteiger partial charge < -0.3 is 19.9 Å². The first-order valence-corrected chi connectivity index (χ1v) is 12.6. The number of fused-ring (bicyclic) bond motifs is 2. The van der Waals surface area contributed by atoms with E-state index < -0.39 is 5.82 Å². The summed E-state index contributed by atoms with van der Waals surface area (Å²) in [5.41, 5.74) is 3.80. The number of nitrogens with zero attached hydrogens (tertiary/aromatic N) is 9. The van der Waals surface area contributed by atoms with E-state index >= 15 is 0 Å². The molecule has 13 heteroatoms. The van der Waals surface area contributed by atoms with Crippen LogP contribution in [0.4, 0.5) is 21.8 Å². The Morgan fingerprint density at radius 2 is 1.90 bits per heavy atom. The SMILES string of the molecule is C=CC(=O)N1CCN(c2ncc3ncnc(Nc4ccc(Oc5cc6nnn(C)c6cc5F)c(C)c4)c3n2)CC1. The Bertz CT molecular complexity index is 1760. The number of ether oxygens (including phenoxy) is 1. The highest BCUT2D eigenvalue weighted by Gasteiger charge is 2.22. The third-order valence-electron chi connectivity index (χ3n) is 6.74. The molecule has 3 aromatic heterocycles. The highest BCUT2D eigenvalue weighted by molar-refractivity contribution is 5.88. The Kier molecular flexibility index (Phi) is 6.38. The van der Waals surface area contributed by atoms with Gasteiger partial charge in [-0.05, 0) is 36.8 Å². The maximum Gasteiger partial charge on any atom is 0.246 e. The van der Waals surface area contributed by atoms with E-state index in [1.54, 1.807) is 24.2 Å². The maximum atomic E-state index is 14.7. The van der Waals surface area contributed by atoms with Crippen LogP contribution in [0.3, 0.4) is 0 Å². The molecule has 6 rings (SSSR count). The van der Waals surface area contributed by atoms with E-state index in [0.29, 0.717) is 65.8 Å². The minimum Gasteiger partial charge on any atom is -0.454 e. The molecule has 1 aliphatic rings. The number of hydrogen-bond acceptors (Lipinski definition) is 10.